The number of nitrogens with one attached hydrogen (secondary N) is 1. The summed E-state index contributed by atoms with van der Waals surface area (Å²) < 4.78 is 1.96. The first kappa shape index (κ1) is 13.6. The molecule has 3 nitrogen and oxygen atoms in total. The van der Waals surface area contributed by atoms with E-state index in [4.69, 9.17) is 0 Å². The maximum atomic E-state index is 4.33. The third kappa shape index (κ3) is 5.03. The molecule has 1 aromatic heterocycles. The van der Waals surface area contributed by atoms with E-state index >= 15 is 0 Å². The highest BCUT2D eigenvalue weighted by molar-refractivity contribution is 7.99. The highest BCUT2D eigenvalue weighted by atomic mass is 32.2. The van der Waals surface area contributed by atoms with Gasteiger partial charge < -0.3 is 5.32 Å². The van der Waals surface area contributed by atoms with Crippen LogP contribution in [0.2, 0.25) is 0 Å². The Hall–Kier alpha value is -0.480. The Balaban J connectivity index is 2.05. The number of thioether (sulfide) groups is 1. The highest BCUT2D eigenvalue weighted by Gasteiger charge is 2.01. The van der Waals surface area contributed by atoms with Gasteiger partial charge in [0.25, 0.3) is 0 Å². The monoisotopic (exact) mass is 241 g/mol. The molecule has 0 saturated carbocycles. The van der Waals surface area contributed by atoms with E-state index in [2.05, 4.69) is 23.4 Å². The Labute approximate surface area is 103 Å². The summed E-state index contributed by atoms with van der Waals surface area (Å²) in [6, 6.07) is 2.14. The quantitative estimate of drug-likeness (QED) is 0.560. The van der Waals surface area contributed by atoms with Gasteiger partial charge in [-0.3, -0.25) is 4.68 Å². The minimum atomic E-state index is 1.08. The minimum absolute atomic E-state index is 1.08. The van der Waals surface area contributed by atoms with Crippen molar-refractivity contribution in [3.63, 3.8) is 0 Å². The molecule has 1 N–H and O–H groups in total. The number of rotatable bonds is 8. The summed E-state index contributed by atoms with van der Waals surface area (Å²) in [5, 5.41) is 9.05. The molecule has 0 radical (unpaired) electrons. The van der Waals surface area contributed by atoms with Crippen LogP contribution in [0.1, 0.15) is 31.9 Å². The van der Waals surface area contributed by atoms with Crippen molar-refractivity contribution in [1.82, 2.24) is 15.1 Å². The summed E-state index contributed by atoms with van der Waals surface area (Å²) in [7, 11) is 2.00. The summed E-state index contributed by atoms with van der Waals surface area (Å²) in [6.45, 7) is 6.51. The topological polar surface area (TPSA) is 29.9 Å². The number of unbranched alkanes of at least 4 members (excludes halogenated alkanes) is 2. The predicted molar refractivity (Wildman–Crippen MR) is 71.1 cm³/mol. The van der Waals surface area contributed by atoms with Gasteiger partial charge in [0.2, 0.25) is 0 Å². The lowest BCUT2D eigenvalue weighted by Crippen LogP contribution is -2.18. The lowest BCUT2D eigenvalue weighted by molar-refractivity contribution is 0.635. The molecular formula is C12H23N3S. The molecule has 16 heavy (non-hydrogen) atoms. The van der Waals surface area contributed by atoms with E-state index in [0.29, 0.717) is 0 Å². The van der Waals surface area contributed by atoms with Crippen LogP contribution in [0, 0.1) is 6.92 Å². The molecular weight excluding hydrogens is 218 g/mol. The van der Waals surface area contributed by atoms with Crippen LogP contribution in [0.4, 0.5) is 0 Å². The molecule has 0 amide bonds. The van der Waals surface area contributed by atoms with Crippen molar-refractivity contribution in [2.75, 3.05) is 18.8 Å². The lowest BCUT2D eigenvalue weighted by atomic mass is 10.2. The molecule has 4 heteroatoms. The average molecular weight is 241 g/mol. The molecule has 0 fully saturated rings. The Morgan fingerprint density at radius 3 is 2.81 bits per heavy atom. The summed E-state index contributed by atoms with van der Waals surface area (Å²) in [4.78, 5) is 0. The second kappa shape index (κ2) is 7.74. The van der Waals surface area contributed by atoms with Crippen LogP contribution >= 0.6 is 11.8 Å². The minimum Gasteiger partial charge on any atom is -0.316 e. The van der Waals surface area contributed by atoms with E-state index in [1.54, 1.807) is 0 Å². The van der Waals surface area contributed by atoms with Crippen LogP contribution in [0.25, 0.3) is 0 Å². The van der Waals surface area contributed by atoms with Crippen molar-refractivity contribution in [1.29, 1.82) is 0 Å². The first-order valence-corrected chi connectivity index (χ1v) is 7.06. The standard InChI is InChI=1S/C12H23N3S/c1-4-5-6-7-13-8-9-16-12-10-11(2)14-15(12)3/h10,13H,4-9H2,1-3H3. The number of hydrogen-bond acceptors (Lipinski definition) is 3. The van der Waals surface area contributed by atoms with E-state index < -0.39 is 0 Å². The Morgan fingerprint density at radius 2 is 2.19 bits per heavy atom. The van der Waals surface area contributed by atoms with Crippen LogP contribution < -0.4 is 5.32 Å². The molecule has 1 heterocycles. The lowest BCUT2D eigenvalue weighted by Gasteiger charge is -2.04. The predicted octanol–water partition coefficient (Wildman–Crippen LogP) is 2.60. The molecule has 0 aliphatic rings. The van der Waals surface area contributed by atoms with E-state index in [1.165, 1.54) is 24.3 Å². The Morgan fingerprint density at radius 1 is 1.38 bits per heavy atom. The Kier molecular flexibility index (Phi) is 6.57. The smallest absolute Gasteiger partial charge is 0.0939 e. The number of nitrogens with zero attached hydrogens (tertiary/aromatic N) is 2. The zero-order valence-corrected chi connectivity index (χ0v) is 11.4. The molecule has 0 saturated heterocycles. The number of aromatic nitrogens is 2. The molecule has 0 aliphatic carbocycles. The van der Waals surface area contributed by atoms with E-state index in [0.717, 1.165) is 24.5 Å². The van der Waals surface area contributed by atoms with Gasteiger partial charge in [0.05, 0.1) is 10.7 Å². The van der Waals surface area contributed by atoms with Crippen LogP contribution in [0.5, 0.6) is 0 Å². The second-order valence-electron chi connectivity index (χ2n) is 4.05. The average Bonchev–Trinajstić information content (AvgIpc) is 2.56. The highest BCUT2D eigenvalue weighted by Crippen LogP contribution is 2.17. The molecule has 0 spiro atoms. The van der Waals surface area contributed by atoms with E-state index in [9.17, 15) is 0 Å². The molecule has 1 aromatic rings. The summed E-state index contributed by atoms with van der Waals surface area (Å²) in [5.74, 6) is 1.12. The zero-order chi connectivity index (χ0) is 11.8. The molecule has 0 atom stereocenters. The van der Waals surface area contributed by atoms with Gasteiger partial charge in [-0.25, -0.2) is 0 Å². The van der Waals surface area contributed by atoms with Crippen molar-refractivity contribution < 1.29 is 0 Å². The summed E-state index contributed by atoms with van der Waals surface area (Å²) >= 11 is 1.87. The zero-order valence-electron chi connectivity index (χ0n) is 10.6. The molecule has 0 unspecified atom stereocenters. The number of aryl methyl sites for hydroxylation is 2. The van der Waals surface area contributed by atoms with E-state index in [-0.39, 0.29) is 0 Å². The van der Waals surface area contributed by atoms with Gasteiger partial charge in [0.1, 0.15) is 0 Å². The van der Waals surface area contributed by atoms with Gasteiger partial charge >= 0.3 is 0 Å². The van der Waals surface area contributed by atoms with Crippen molar-refractivity contribution in [3.8, 4) is 0 Å². The van der Waals surface area contributed by atoms with Crippen molar-refractivity contribution in [2.24, 2.45) is 7.05 Å². The van der Waals surface area contributed by atoms with Crippen LogP contribution in [0.15, 0.2) is 11.1 Å². The Bertz CT molecular complexity index is 296. The van der Waals surface area contributed by atoms with Crippen LogP contribution in [-0.2, 0) is 7.05 Å². The summed E-state index contributed by atoms with van der Waals surface area (Å²) in [6.07, 6.45) is 3.93. The van der Waals surface area contributed by atoms with Gasteiger partial charge in [-0.05, 0) is 26.0 Å². The van der Waals surface area contributed by atoms with Gasteiger partial charge in [-0.2, -0.15) is 5.10 Å². The maximum Gasteiger partial charge on any atom is 0.0939 e. The van der Waals surface area contributed by atoms with Crippen LogP contribution in [0.3, 0.4) is 0 Å². The normalized spacial score (nSPS) is 10.9. The van der Waals surface area contributed by atoms with Crippen molar-refractivity contribution in [3.05, 3.63) is 11.8 Å². The fraction of sp³-hybridized carbons (Fsp3) is 0.750. The van der Waals surface area contributed by atoms with Gasteiger partial charge in [-0.15, -0.1) is 11.8 Å². The number of hydrogen-bond donors (Lipinski definition) is 1. The van der Waals surface area contributed by atoms with E-state index in [1.807, 2.05) is 30.4 Å². The molecule has 92 valence electrons. The SMILES string of the molecule is CCCCCNCCSc1cc(C)nn1C. The van der Waals surface area contributed by atoms with Crippen molar-refractivity contribution >= 4 is 11.8 Å². The largest absolute Gasteiger partial charge is 0.316 e. The third-order valence-corrected chi connectivity index (χ3v) is 3.53. The molecule has 0 aromatic carbocycles. The van der Waals surface area contributed by atoms with Crippen molar-refractivity contribution in [2.45, 2.75) is 38.1 Å². The van der Waals surface area contributed by atoms with Gasteiger partial charge in [0, 0.05) is 19.3 Å². The maximum absolute atomic E-state index is 4.33. The fourth-order valence-corrected chi connectivity index (χ4v) is 2.51. The summed E-state index contributed by atoms with van der Waals surface area (Å²) in [5.41, 5.74) is 1.10. The molecule has 1 rings (SSSR count). The van der Waals surface area contributed by atoms with Gasteiger partial charge in [0.15, 0.2) is 0 Å². The van der Waals surface area contributed by atoms with Gasteiger partial charge in [-0.1, -0.05) is 19.8 Å². The van der Waals surface area contributed by atoms with Crippen LogP contribution in [-0.4, -0.2) is 28.6 Å². The second-order valence-corrected chi connectivity index (χ2v) is 5.17. The molecule has 0 aliphatic heterocycles. The molecule has 0 bridgehead atoms. The third-order valence-electron chi connectivity index (χ3n) is 2.44. The fourth-order valence-electron chi connectivity index (χ4n) is 1.57. The first-order valence-electron chi connectivity index (χ1n) is 6.08. The first-order chi connectivity index (χ1) is 7.74.